The summed E-state index contributed by atoms with van der Waals surface area (Å²) in [7, 11) is 0. The summed E-state index contributed by atoms with van der Waals surface area (Å²) >= 11 is 0. The standard InChI is InChI=1S/C8H8N6O2/c15-6(5-9-3-10-12-5)11-8-14-13-7(16-8)4-1-2-4/h3-4H,1-2H2,(H,9,10,12)(H,11,14,15). The van der Waals surface area contributed by atoms with E-state index in [1.807, 2.05) is 0 Å². The van der Waals surface area contributed by atoms with Gasteiger partial charge in [0.1, 0.15) is 6.33 Å². The first kappa shape index (κ1) is 9.01. The van der Waals surface area contributed by atoms with Gasteiger partial charge in [0, 0.05) is 5.92 Å². The zero-order chi connectivity index (χ0) is 11.0. The third-order valence-corrected chi connectivity index (χ3v) is 2.22. The van der Waals surface area contributed by atoms with E-state index in [9.17, 15) is 4.79 Å². The molecule has 0 spiro atoms. The van der Waals surface area contributed by atoms with Gasteiger partial charge in [0.25, 0.3) is 5.91 Å². The lowest BCUT2D eigenvalue weighted by Gasteiger charge is -1.94. The molecule has 0 aliphatic heterocycles. The quantitative estimate of drug-likeness (QED) is 0.770. The fourth-order valence-electron chi connectivity index (χ4n) is 1.25. The normalized spacial score (nSPS) is 15.0. The van der Waals surface area contributed by atoms with Crippen LogP contribution in [-0.2, 0) is 0 Å². The smallest absolute Gasteiger partial charge is 0.322 e. The Kier molecular flexibility index (Phi) is 1.92. The van der Waals surface area contributed by atoms with Gasteiger partial charge in [-0.05, 0) is 12.8 Å². The second-order valence-electron chi connectivity index (χ2n) is 3.51. The van der Waals surface area contributed by atoms with E-state index in [-0.39, 0.29) is 11.8 Å². The molecule has 2 aromatic rings. The molecule has 8 heteroatoms. The Hall–Kier alpha value is -2.25. The minimum absolute atomic E-state index is 0.0864. The minimum Gasteiger partial charge on any atom is -0.408 e. The van der Waals surface area contributed by atoms with E-state index in [4.69, 9.17) is 4.42 Å². The van der Waals surface area contributed by atoms with Gasteiger partial charge >= 0.3 is 6.01 Å². The number of hydrogen-bond donors (Lipinski definition) is 2. The number of carbonyl (C=O) groups is 1. The van der Waals surface area contributed by atoms with Crippen LogP contribution in [0.15, 0.2) is 10.7 Å². The molecule has 1 fully saturated rings. The molecule has 1 saturated carbocycles. The van der Waals surface area contributed by atoms with Gasteiger partial charge < -0.3 is 4.42 Å². The maximum Gasteiger partial charge on any atom is 0.322 e. The maximum absolute atomic E-state index is 11.5. The summed E-state index contributed by atoms with van der Waals surface area (Å²) in [6, 6.07) is 0.0864. The van der Waals surface area contributed by atoms with Crippen LogP contribution in [0.5, 0.6) is 0 Å². The molecule has 0 saturated heterocycles. The molecule has 0 bridgehead atoms. The molecule has 16 heavy (non-hydrogen) atoms. The van der Waals surface area contributed by atoms with Gasteiger partial charge in [-0.1, -0.05) is 5.10 Å². The average Bonchev–Trinajstić information content (AvgIpc) is 2.82. The van der Waals surface area contributed by atoms with Crippen molar-refractivity contribution in [1.82, 2.24) is 25.4 Å². The first-order chi connectivity index (χ1) is 7.83. The summed E-state index contributed by atoms with van der Waals surface area (Å²) in [6.45, 7) is 0. The molecule has 82 valence electrons. The molecule has 3 rings (SSSR count). The van der Waals surface area contributed by atoms with Crippen molar-refractivity contribution in [2.45, 2.75) is 18.8 Å². The van der Waals surface area contributed by atoms with Gasteiger partial charge in [-0.2, -0.15) is 5.10 Å². The van der Waals surface area contributed by atoms with Gasteiger partial charge in [0.05, 0.1) is 0 Å². The van der Waals surface area contributed by atoms with Gasteiger partial charge in [-0.3, -0.25) is 15.2 Å². The number of aromatic nitrogens is 5. The second kappa shape index (κ2) is 3.40. The van der Waals surface area contributed by atoms with Crippen molar-refractivity contribution >= 4 is 11.9 Å². The number of hydrogen-bond acceptors (Lipinski definition) is 6. The average molecular weight is 220 g/mol. The van der Waals surface area contributed by atoms with Crippen LogP contribution in [0, 0.1) is 0 Å². The van der Waals surface area contributed by atoms with Crippen LogP contribution in [0.25, 0.3) is 0 Å². The molecule has 8 nitrogen and oxygen atoms in total. The number of rotatable bonds is 3. The lowest BCUT2D eigenvalue weighted by molar-refractivity contribution is 0.101. The van der Waals surface area contributed by atoms with Crippen molar-refractivity contribution in [1.29, 1.82) is 0 Å². The topological polar surface area (TPSA) is 110 Å². The summed E-state index contributed by atoms with van der Waals surface area (Å²) in [5.41, 5.74) is 0. The predicted octanol–water partition coefficient (Wildman–Crippen LogP) is 0.317. The summed E-state index contributed by atoms with van der Waals surface area (Å²) in [6.07, 6.45) is 3.38. The van der Waals surface area contributed by atoms with E-state index >= 15 is 0 Å². The predicted molar refractivity (Wildman–Crippen MR) is 50.6 cm³/mol. The van der Waals surface area contributed by atoms with E-state index in [0.29, 0.717) is 11.8 Å². The van der Waals surface area contributed by atoms with Crippen molar-refractivity contribution in [2.24, 2.45) is 0 Å². The zero-order valence-corrected chi connectivity index (χ0v) is 8.17. The molecule has 0 radical (unpaired) electrons. The summed E-state index contributed by atoms with van der Waals surface area (Å²) in [4.78, 5) is 15.2. The molecule has 2 aromatic heterocycles. The van der Waals surface area contributed by atoms with Crippen molar-refractivity contribution in [3.05, 3.63) is 18.0 Å². The number of carbonyl (C=O) groups excluding carboxylic acids is 1. The van der Waals surface area contributed by atoms with E-state index in [1.165, 1.54) is 6.33 Å². The zero-order valence-electron chi connectivity index (χ0n) is 8.17. The van der Waals surface area contributed by atoms with Crippen LogP contribution >= 0.6 is 0 Å². The largest absolute Gasteiger partial charge is 0.408 e. The van der Waals surface area contributed by atoms with E-state index in [2.05, 4.69) is 30.7 Å². The third kappa shape index (κ3) is 1.64. The minimum atomic E-state index is -0.455. The van der Waals surface area contributed by atoms with Crippen LogP contribution < -0.4 is 5.32 Å². The number of anilines is 1. The number of amides is 1. The fraction of sp³-hybridized carbons (Fsp3) is 0.375. The second-order valence-corrected chi connectivity index (χ2v) is 3.51. The third-order valence-electron chi connectivity index (χ3n) is 2.22. The number of H-pyrrole nitrogens is 1. The Morgan fingerprint density at radius 3 is 3.06 bits per heavy atom. The first-order valence-corrected chi connectivity index (χ1v) is 4.83. The van der Waals surface area contributed by atoms with Crippen LogP contribution in [0.4, 0.5) is 6.01 Å². The van der Waals surface area contributed by atoms with Crippen LogP contribution in [0.1, 0.15) is 35.3 Å². The van der Waals surface area contributed by atoms with Crippen LogP contribution in [0.3, 0.4) is 0 Å². The molecule has 0 unspecified atom stereocenters. The van der Waals surface area contributed by atoms with E-state index in [1.54, 1.807) is 0 Å². The molecule has 2 N–H and O–H groups in total. The Morgan fingerprint density at radius 2 is 2.38 bits per heavy atom. The highest BCUT2D eigenvalue weighted by Gasteiger charge is 2.29. The lowest BCUT2D eigenvalue weighted by atomic mass is 10.4. The molecule has 1 amide bonds. The van der Waals surface area contributed by atoms with Crippen molar-refractivity contribution in [3.8, 4) is 0 Å². The van der Waals surface area contributed by atoms with Gasteiger partial charge in [-0.25, -0.2) is 4.98 Å². The molecule has 1 aliphatic rings. The first-order valence-electron chi connectivity index (χ1n) is 4.83. The SMILES string of the molecule is O=C(Nc1nnc(C2CC2)o1)c1ncn[nH]1. The highest BCUT2D eigenvalue weighted by atomic mass is 16.4. The Morgan fingerprint density at radius 1 is 1.50 bits per heavy atom. The van der Waals surface area contributed by atoms with Crippen molar-refractivity contribution < 1.29 is 9.21 Å². The number of nitrogens with zero attached hydrogens (tertiary/aromatic N) is 4. The van der Waals surface area contributed by atoms with E-state index in [0.717, 1.165) is 12.8 Å². The van der Waals surface area contributed by atoms with Gasteiger partial charge in [0.15, 0.2) is 0 Å². The molecular formula is C8H8N6O2. The van der Waals surface area contributed by atoms with Crippen LogP contribution in [0.2, 0.25) is 0 Å². The molecule has 0 aromatic carbocycles. The molecule has 0 atom stereocenters. The highest BCUT2D eigenvalue weighted by Crippen LogP contribution is 2.39. The summed E-state index contributed by atoms with van der Waals surface area (Å²) < 4.78 is 5.26. The number of aromatic amines is 1. The summed E-state index contributed by atoms with van der Waals surface area (Å²) in [5, 5.41) is 16.0. The van der Waals surface area contributed by atoms with Crippen molar-refractivity contribution in [2.75, 3.05) is 5.32 Å². The fourth-order valence-corrected chi connectivity index (χ4v) is 1.25. The van der Waals surface area contributed by atoms with E-state index < -0.39 is 5.91 Å². The van der Waals surface area contributed by atoms with Crippen LogP contribution in [-0.4, -0.2) is 31.3 Å². The highest BCUT2D eigenvalue weighted by molar-refractivity contribution is 5.99. The maximum atomic E-state index is 11.5. The van der Waals surface area contributed by atoms with Gasteiger partial charge in [0.2, 0.25) is 11.7 Å². The summed E-state index contributed by atoms with van der Waals surface area (Å²) in [5.74, 6) is 0.589. The molecular weight excluding hydrogens is 212 g/mol. The van der Waals surface area contributed by atoms with Gasteiger partial charge in [-0.15, -0.1) is 5.10 Å². The Bertz CT molecular complexity index is 500. The lowest BCUT2D eigenvalue weighted by Crippen LogP contribution is -2.13. The molecule has 1 aliphatic carbocycles. The Balaban J connectivity index is 1.71. The Labute approximate surface area is 89.5 Å². The molecule has 2 heterocycles. The van der Waals surface area contributed by atoms with Crippen molar-refractivity contribution in [3.63, 3.8) is 0 Å². The number of nitrogens with one attached hydrogen (secondary N) is 2. The monoisotopic (exact) mass is 220 g/mol.